The molecule has 1 saturated heterocycles. The molecule has 32 heavy (non-hydrogen) atoms. The molecule has 1 aliphatic rings. The Kier molecular flexibility index (Phi) is 7.75. The highest BCUT2D eigenvalue weighted by atomic mass is 32.1. The van der Waals surface area contributed by atoms with Gasteiger partial charge in [-0.15, -0.1) is 0 Å². The fourth-order valence-corrected chi connectivity index (χ4v) is 4.64. The Morgan fingerprint density at radius 1 is 1.09 bits per heavy atom. The molecular weight excluding hydrogens is 424 g/mol. The Balaban J connectivity index is 1.72. The number of rotatable bonds is 8. The van der Waals surface area contributed by atoms with E-state index in [0.29, 0.717) is 24.3 Å². The summed E-state index contributed by atoms with van der Waals surface area (Å²) in [5.74, 6) is -1.97. The van der Waals surface area contributed by atoms with Crippen LogP contribution in [0.15, 0.2) is 54.6 Å². The van der Waals surface area contributed by atoms with Gasteiger partial charge in [0.15, 0.2) is 0 Å². The molecule has 3 atom stereocenters. The molecule has 0 bridgehead atoms. The van der Waals surface area contributed by atoms with Gasteiger partial charge in [0.1, 0.15) is 11.8 Å². The lowest BCUT2D eigenvalue weighted by Gasteiger charge is -2.30. The Bertz CT molecular complexity index is 1010. The van der Waals surface area contributed by atoms with E-state index in [1.807, 2.05) is 61.5 Å². The quantitative estimate of drug-likeness (QED) is 0.597. The molecule has 1 amide bonds. The van der Waals surface area contributed by atoms with Gasteiger partial charge in [0.05, 0.1) is 23.5 Å². The number of benzene rings is 2. The predicted molar refractivity (Wildman–Crippen MR) is 126 cm³/mol. The molecular formula is C25H28N2O4S. The number of hydrogen-bond donors (Lipinski definition) is 2. The first kappa shape index (κ1) is 23.6. The number of carbonyl (C=O) groups excluding carboxylic acids is 2. The average molecular weight is 453 g/mol. The normalized spacial score (nSPS) is 18.8. The third-order valence-electron chi connectivity index (χ3n) is 6.01. The van der Waals surface area contributed by atoms with E-state index in [9.17, 15) is 19.5 Å². The standard InChI is InChI=1S/C25H28N2O4S/c1-16-8-6-7-11-19(16)21-12-13-22(25(30)31)27(21)23(29)15-26-24(32)20(17(2)28)14-18-9-4-3-5-10-18/h3-11,20-22H,12-15H2,1-2H3,(H,26,32)(H,30,31)/t20?,21?,22-/m0/s1. The van der Waals surface area contributed by atoms with Crippen molar-refractivity contribution in [2.75, 3.05) is 6.54 Å². The van der Waals surface area contributed by atoms with Gasteiger partial charge in [-0.2, -0.15) is 0 Å². The summed E-state index contributed by atoms with van der Waals surface area (Å²) in [5.41, 5.74) is 2.95. The van der Waals surface area contributed by atoms with E-state index in [-0.39, 0.29) is 24.3 Å². The second kappa shape index (κ2) is 10.5. The van der Waals surface area contributed by atoms with Crippen molar-refractivity contribution < 1.29 is 19.5 Å². The van der Waals surface area contributed by atoms with E-state index < -0.39 is 17.9 Å². The maximum absolute atomic E-state index is 13.2. The third-order valence-corrected chi connectivity index (χ3v) is 6.44. The van der Waals surface area contributed by atoms with Crippen molar-refractivity contribution in [1.82, 2.24) is 10.2 Å². The fraction of sp³-hybridized carbons (Fsp3) is 0.360. The first-order valence-corrected chi connectivity index (χ1v) is 11.1. The summed E-state index contributed by atoms with van der Waals surface area (Å²) in [6, 6.07) is 16.1. The second-order valence-corrected chi connectivity index (χ2v) is 8.62. The second-order valence-electron chi connectivity index (χ2n) is 8.18. The predicted octanol–water partition coefficient (Wildman–Crippen LogP) is 3.48. The minimum Gasteiger partial charge on any atom is -0.480 e. The first-order valence-electron chi connectivity index (χ1n) is 10.7. The zero-order valence-corrected chi connectivity index (χ0v) is 19.1. The Hall–Kier alpha value is -3.06. The number of hydrogen-bond acceptors (Lipinski definition) is 4. The Labute approximate surface area is 193 Å². The van der Waals surface area contributed by atoms with Gasteiger partial charge in [-0.05, 0) is 49.8 Å². The highest BCUT2D eigenvalue weighted by Gasteiger charge is 2.41. The zero-order chi connectivity index (χ0) is 23.3. The maximum Gasteiger partial charge on any atom is 0.326 e. The van der Waals surface area contributed by atoms with Crippen LogP contribution >= 0.6 is 12.2 Å². The van der Waals surface area contributed by atoms with Gasteiger partial charge in [-0.3, -0.25) is 9.59 Å². The van der Waals surface area contributed by atoms with Gasteiger partial charge in [0.25, 0.3) is 0 Å². The van der Waals surface area contributed by atoms with Gasteiger partial charge in [0, 0.05) is 0 Å². The topological polar surface area (TPSA) is 86.7 Å². The van der Waals surface area contributed by atoms with Gasteiger partial charge in [-0.25, -0.2) is 4.79 Å². The largest absolute Gasteiger partial charge is 0.480 e. The maximum atomic E-state index is 13.2. The van der Waals surface area contributed by atoms with E-state index in [0.717, 1.165) is 16.7 Å². The number of amides is 1. The molecule has 0 aromatic heterocycles. The van der Waals surface area contributed by atoms with E-state index in [1.165, 1.54) is 11.8 Å². The van der Waals surface area contributed by atoms with Crippen LogP contribution in [0.3, 0.4) is 0 Å². The summed E-state index contributed by atoms with van der Waals surface area (Å²) in [4.78, 5) is 39.0. The van der Waals surface area contributed by atoms with Crippen LogP contribution in [-0.2, 0) is 20.8 Å². The molecule has 1 fully saturated rings. The van der Waals surface area contributed by atoms with Crippen LogP contribution in [-0.4, -0.2) is 45.2 Å². The molecule has 0 radical (unpaired) electrons. The molecule has 2 aromatic rings. The highest BCUT2D eigenvalue weighted by Crippen LogP contribution is 2.37. The summed E-state index contributed by atoms with van der Waals surface area (Å²) < 4.78 is 0. The number of nitrogens with one attached hydrogen (secondary N) is 1. The van der Waals surface area contributed by atoms with Gasteiger partial charge >= 0.3 is 5.97 Å². The monoisotopic (exact) mass is 452 g/mol. The number of carbonyl (C=O) groups is 3. The Morgan fingerprint density at radius 2 is 1.75 bits per heavy atom. The lowest BCUT2D eigenvalue weighted by molar-refractivity contribution is -0.149. The fourth-order valence-electron chi connectivity index (χ4n) is 4.32. The molecule has 2 N–H and O–H groups in total. The molecule has 0 spiro atoms. The number of nitrogens with zero attached hydrogens (tertiary/aromatic N) is 1. The van der Waals surface area contributed by atoms with Gasteiger partial charge in [-0.1, -0.05) is 66.8 Å². The number of carboxylic acid groups (broad SMARTS) is 1. The molecule has 7 heteroatoms. The molecule has 3 rings (SSSR count). The minimum absolute atomic E-state index is 0.0822. The molecule has 2 unspecified atom stereocenters. The Morgan fingerprint density at radius 3 is 2.38 bits per heavy atom. The van der Waals surface area contributed by atoms with Crippen molar-refractivity contribution in [2.45, 2.75) is 45.2 Å². The van der Waals surface area contributed by atoms with Crippen LogP contribution in [0.2, 0.25) is 0 Å². The van der Waals surface area contributed by atoms with Crippen molar-refractivity contribution in [3.05, 3.63) is 71.3 Å². The van der Waals surface area contributed by atoms with Crippen molar-refractivity contribution >= 4 is 34.9 Å². The van der Waals surface area contributed by atoms with Crippen LogP contribution in [0.5, 0.6) is 0 Å². The summed E-state index contributed by atoms with van der Waals surface area (Å²) in [7, 11) is 0. The van der Waals surface area contributed by atoms with Crippen molar-refractivity contribution in [1.29, 1.82) is 0 Å². The first-order chi connectivity index (χ1) is 15.3. The van der Waals surface area contributed by atoms with Crippen molar-refractivity contribution in [2.24, 2.45) is 5.92 Å². The summed E-state index contributed by atoms with van der Waals surface area (Å²) in [5, 5.41) is 12.6. The van der Waals surface area contributed by atoms with Gasteiger partial charge < -0.3 is 15.3 Å². The average Bonchev–Trinajstić information content (AvgIpc) is 3.22. The summed E-state index contributed by atoms with van der Waals surface area (Å²) in [6.45, 7) is 3.29. The van der Waals surface area contributed by atoms with Crippen LogP contribution in [0.4, 0.5) is 0 Å². The smallest absolute Gasteiger partial charge is 0.326 e. The minimum atomic E-state index is -1.01. The molecule has 168 valence electrons. The van der Waals surface area contributed by atoms with E-state index in [2.05, 4.69) is 5.32 Å². The number of likely N-dealkylation sites (tertiary alicyclic amines) is 1. The molecule has 1 aliphatic heterocycles. The summed E-state index contributed by atoms with van der Waals surface area (Å²) >= 11 is 5.45. The van der Waals surface area contributed by atoms with E-state index in [1.54, 1.807) is 0 Å². The van der Waals surface area contributed by atoms with E-state index in [4.69, 9.17) is 12.2 Å². The molecule has 6 nitrogen and oxygen atoms in total. The van der Waals surface area contributed by atoms with Crippen LogP contribution in [0.1, 0.15) is 42.5 Å². The van der Waals surface area contributed by atoms with Crippen LogP contribution in [0.25, 0.3) is 0 Å². The highest BCUT2D eigenvalue weighted by molar-refractivity contribution is 7.80. The molecule has 0 saturated carbocycles. The lowest BCUT2D eigenvalue weighted by atomic mass is 9.95. The number of Topliss-reactive ketones (excluding diaryl/α,β-unsaturated/α-hetero) is 1. The van der Waals surface area contributed by atoms with Crippen LogP contribution < -0.4 is 5.32 Å². The molecule has 2 aromatic carbocycles. The zero-order valence-electron chi connectivity index (χ0n) is 18.3. The summed E-state index contributed by atoms with van der Waals surface area (Å²) in [6.07, 6.45) is 1.43. The molecule has 0 aliphatic carbocycles. The number of ketones is 1. The number of thiocarbonyl (C=S) groups is 1. The van der Waals surface area contributed by atoms with Crippen LogP contribution in [0, 0.1) is 12.8 Å². The van der Waals surface area contributed by atoms with E-state index >= 15 is 0 Å². The SMILES string of the molecule is CC(=O)C(Cc1ccccc1)C(=S)NCC(=O)N1C(c2ccccc2C)CC[C@H]1C(=O)O. The number of carboxylic acids is 1. The number of aryl methyl sites for hydroxylation is 1. The van der Waals surface area contributed by atoms with Gasteiger partial charge in [0.2, 0.25) is 5.91 Å². The van der Waals surface area contributed by atoms with Crippen molar-refractivity contribution in [3.63, 3.8) is 0 Å². The van der Waals surface area contributed by atoms with Crippen molar-refractivity contribution in [3.8, 4) is 0 Å². The lowest BCUT2D eigenvalue weighted by Crippen LogP contribution is -2.47. The third kappa shape index (κ3) is 5.40. The number of aliphatic carboxylic acids is 1. The molecule has 1 heterocycles.